The molecule has 1 fully saturated rings. The number of nitrogens with zero attached hydrogens (tertiary/aromatic N) is 2. The molecule has 0 spiro atoms. The SMILES string of the molecule is COc1ccc(OC)c(CO/N=C2\CN(C(=O)OC(C)(C)C)CC2CNC(=O)OC(C)(C)C)c1. The molecule has 1 N–H and O–H groups in total. The molecule has 2 rings (SSSR count). The van der Waals surface area contributed by atoms with Crippen molar-refractivity contribution in [3.8, 4) is 11.5 Å². The van der Waals surface area contributed by atoms with Crippen molar-refractivity contribution in [1.29, 1.82) is 0 Å². The second-order valence-electron chi connectivity index (χ2n) is 9.97. The van der Waals surface area contributed by atoms with Gasteiger partial charge in [-0.1, -0.05) is 5.16 Å². The highest BCUT2D eigenvalue weighted by atomic mass is 16.6. The highest BCUT2D eigenvalue weighted by Gasteiger charge is 2.35. The first kappa shape index (κ1) is 27.1. The maximum atomic E-state index is 12.6. The Labute approximate surface area is 201 Å². The molecule has 0 radical (unpaired) electrons. The number of nitrogens with one attached hydrogen (secondary N) is 1. The van der Waals surface area contributed by atoms with E-state index in [1.807, 2.05) is 26.8 Å². The predicted molar refractivity (Wildman–Crippen MR) is 127 cm³/mol. The van der Waals surface area contributed by atoms with Crippen molar-refractivity contribution in [2.75, 3.05) is 33.9 Å². The summed E-state index contributed by atoms with van der Waals surface area (Å²) in [5.41, 5.74) is 0.138. The van der Waals surface area contributed by atoms with E-state index in [2.05, 4.69) is 10.5 Å². The maximum Gasteiger partial charge on any atom is 0.410 e. The van der Waals surface area contributed by atoms with Crippen LogP contribution in [0.4, 0.5) is 9.59 Å². The molecule has 34 heavy (non-hydrogen) atoms. The number of carbonyl (C=O) groups excluding carboxylic acids is 2. The van der Waals surface area contributed by atoms with E-state index in [1.165, 1.54) is 0 Å². The average Bonchev–Trinajstić information content (AvgIpc) is 3.13. The van der Waals surface area contributed by atoms with Gasteiger partial charge in [0.15, 0.2) is 0 Å². The number of alkyl carbamates (subject to hydrolysis) is 1. The number of methoxy groups -OCH3 is 2. The van der Waals surface area contributed by atoms with Gasteiger partial charge in [0.1, 0.15) is 29.3 Å². The fraction of sp³-hybridized carbons (Fsp3) is 0.625. The molecule has 1 atom stereocenters. The van der Waals surface area contributed by atoms with Gasteiger partial charge in [0, 0.05) is 24.6 Å². The summed E-state index contributed by atoms with van der Waals surface area (Å²) in [5, 5.41) is 7.04. The first-order valence-electron chi connectivity index (χ1n) is 11.2. The third kappa shape index (κ3) is 8.64. The van der Waals surface area contributed by atoms with Crippen LogP contribution in [0, 0.1) is 5.92 Å². The van der Waals surface area contributed by atoms with Crippen LogP contribution in [0.25, 0.3) is 0 Å². The quantitative estimate of drug-likeness (QED) is 0.590. The summed E-state index contributed by atoms with van der Waals surface area (Å²) < 4.78 is 21.4. The van der Waals surface area contributed by atoms with Crippen molar-refractivity contribution < 1.29 is 33.4 Å². The Bertz CT molecular complexity index is 888. The molecule has 2 amide bonds. The minimum atomic E-state index is -0.624. The van der Waals surface area contributed by atoms with Crippen LogP contribution in [0.1, 0.15) is 47.1 Å². The number of oxime groups is 1. The van der Waals surface area contributed by atoms with Crippen LogP contribution in [0.15, 0.2) is 23.4 Å². The van der Waals surface area contributed by atoms with Crippen molar-refractivity contribution in [3.05, 3.63) is 23.8 Å². The molecule has 10 nitrogen and oxygen atoms in total. The van der Waals surface area contributed by atoms with E-state index in [9.17, 15) is 9.59 Å². The lowest BCUT2D eigenvalue weighted by molar-refractivity contribution is 0.0292. The van der Waals surface area contributed by atoms with Crippen LogP contribution < -0.4 is 14.8 Å². The monoisotopic (exact) mass is 479 g/mol. The van der Waals surface area contributed by atoms with Crippen LogP contribution >= 0.6 is 0 Å². The lowest BCUT2D eigenvalue weighted by Gasteiger charge is -2.24. The van der Waals surface area contributed by atoms with Crippen LogP contribution in [-0.4, -0.2) is 67.9 Å². The smallest absolute Gasteiger partial charge is 0.410 e. The summed E-state index contributed by atoms with van der Waals surface area (Å²) in [6.07, 6.45) is -0.987. The van der Waals surface area contributed by atoms with Gasteiger partial charge in [0.2, 0.25) is 0 Å². The molecular formula is C24H37N3O7. The van der Waals surface area contributed by atoms with Crippen LogP contribution in [0.3, 0.4) is 0 Å². The van der Waals surface area contributed by atoms with Gasteiger partial charge in [-0.3, -0.25) is 0 Å². The Balaban J connectivity index is 2.12. The lowest BCUT2D eigenvalue weighted by Crippen LogP contribution is -2.38. The number of likely N-dealkylation sites (tertiary alicyclic amines) is 1. The molecule has 0 saturated carbocycles. The van der Waals surface area contributed by atoms with Gasteiger partial charge in [0.05, 0.1) is 26.5 Å². The lowest BCUT2D eigenvalue weighted by atomic mass is 10.1. The summed E-state index contributed by atoms with van der Waals surface area (Å²) in [6, 6.07) is 5.39. The van der Waals surface area contributed by atoms with Gasteiger partial charge in [-0.05, 0) is 59.7 Å². The summed E-state index contributed by atoms with van der Waals surface area (Å²) in [4.78, 5) is 31.9. The molecule has 10 heteroatoms. The van der Waals surface area contributed by atoms with Gasteiger partial charge < -0.3 is 34.0 Å². The number of hydrogen-bond donors (Lipinski definition) is 1. The Kier molecular flexibility index (Phi) is 9.00. The number of carbonyl (C=O) groups is 2. The molecule has 1 unspecified atom stereocenters. The molecule has 1 aromatic carbocycles. The molecular weight excluding hydrogens is 442 g/mol. The van der Waals surface area contributed by atoms with E-state index in [1.54, 1.807) is 52.0 Å². The number of benzene rings is 1. The Morgan fingerprint density at radius 3 is 2.32 bits per heavy atom. The number of hydrogen-bond acceptors (Lipinski definition) is 8. The molecule has 0 aliphatic carbocycles. The zero-order chi connectivity index (χ0) is 25.5. The van der Waals surface area contributed by atoms with Gasteiger partial charge in [-0.2, -0.15) is 0 Å². The molecule has 0 aromatic heterocycles. The fourth-order valence-electron chi connectivity index (χ4n) is 3.21. The zero-order valence-corrected chi connectivity index (χ0v) is 21.4. The van der Waals surface area contributed by atoms with Crippen molar-refractivity contribution in [2.45, 2.75) is 59.4 Å². The standard InChI is InChI=1S/C24H37N3O7/c1-23(2,3)33-21(28)25-12-17-13-27(22(29)34-24(4,5)6)14-19(17)26-32-15-16-11-18(30-7)9-10-20(16)31-8/h9-11,17H,12-15H2,1-8H3,(H,25,28)/b26-19+. The van der Waals surface area contributed by atoms with Crippen molar-refractivity contribution >= 4 is 17.9 Å². The van der Waals surface area contributed by atoms with Crippen molar-refractivity contribution in [1.82, 2.24) is 10.2 Å². The fourth-order valence-corrected chi connectivity index (χ4v) is 3.21. The highest BCUT2D eigenvalue weighted by molar-refractivity contribution is 5.94. The molecule has 1 aromatic rings. The molecule has 1 saturated heterocycles. The molecule has 1 aliphatic heterocycles. The molecule has 1 heterocycles. The van der Waals surface area contributed by atoms with E-state index in [4.69, 9.17) is 23.8 Å². The van der Waals surface area contributed by atoms with Crippen LogP contribution in [0.5, 0.6) is 11.5 Å². The summed E-state index contributed by atoms with van der Waals surface area (Å²) in [5.74, 6) is 1.06. The Morgan fingerprint density at radius 2 is 1.74 bits per heavy atom. The first-order chi connectivity index (χ1) is 15.8. The van der Waals surface area contributed by atoms with Crippen molar-refractivity contribution in [2.24, 2.45) is 11.1 Å². The van der Waals surface area contributed by atoms with Gasteiger partial charge >= 0.3 is 12.2 Å². The maximum absolute atomic E-state index is 12.6. The van der Waals surface area contributed by atoms with Crippen LogP contribution in [0.2, 0.25) is 0 Å². The Hall–Kier alpha value is -3.17. The third-order valence-corrected chi connectivity index (χ3v) is 4.70. The summed E-state index contributed by atoms with van der Waals surface area (Å²) in [7, 11) is 3.16. The molecule has 190 valence electrons. The number of amides is 2. The first-order valence-corrected chi connectivity index (χ1v) is 11.2. The van der Waals surface area contributed by atoms with E-state index in [0.29, 0.717) is 23.8 Å². The second kappa shape index (κ2) is 11.3. The third-order valence-electron chi connectivity index (χ3n) is 4.70. The topological polar surface area (TPSA) is 108 Å². The summed E-state index contributed by atoms with van der Waals surface area (Å²) >= 11 is 0. The summed E-state index contributed by atoms with van der Waals surface area (Å²) in [6.45, 7) is 11.7. The van der Waals surface area contributed by atoms with E-state index < -0.39 is 23.4 Å². The second-order valence-corrected chi connectivity index (χ2v) is 9.97. The molecule has 1 aliphatic rings. The molecule has 0 bridgehead atoms. The number of ether oxygens (including phenoxy) is 4. The van der Waals surface area contributed by atoms with Gasteiger partial charge in [0.25, 0.3) is 0 Å². The van der Waals surface area contributed by atoms with E-state index in [0.717, 1.165) is 5.56 Å². The normalized spacial score (nSPS) is 17.4. The number of rotatable bonds is 7. The minimum absolute atomic E-state index is 0.141. The largest absolute Gasteiger partial charge is 0.497 e. The van der Waals surface area contributed by atoms with Gasteiger partial charge in [-0.15, -0.1) is 0 Å². The highest BCUT2D eigenvalue weighted by Crippen LogP contribution is 2.25. The average molecular weight is 480 g/mol. The van der Waals surface area contributed by atoms with Crippen LogP contribution in [-0.2, 0) is 20.9 Å². The zero-order valence-electron chi connectivity index (χ0n) is 21.4. The van der Waals surface area contributed by atoms with E-state index >= 15 is 0 Å². The van der Waals surface area contributed by atoms with Crippen molar-refractivity contribution in [3.63, 3.8) is 0 Å². The Morgan fingerprint density at radius 1 is 1.06 bits per heavy atom. The van der Waals surface area contributed by atoms with Gasteiger partial charge in [-0.25, -0.2) is 9.59 Å². The minimum Gasteiger partial charge on any atom is -0.497 e. The van der Waals surface area contributed by atoms with E-state index in [-0.39, 0.29) is 25.6 Å². The predicted octanol–water partition coefficient (Wildman–Crippen LogP) is 3.97.